The number of nitrogens with zero attached hydrogens (tertiary/aromatic N) is 3. The number of nitrogens with two attached hydrogens (primary N) is 1. The summed E-state index contributed by atoms with van der Waals surface area (Å²) in [5.41, 5.74) is 9.36. The molecule has 4 N–H and O–H groups in total. The Morgan fingerprint density at radius 2 is 2.20 bits per heavy atom. The van der Waals surface area contributed by atoms with Gasteiger partial charge in [0.15, 0.2) is 0 Å². The van der Waals surface area contributed by atoms with Crippen LogP contribution in [0.1, 0.15) is 0 Å². The number of aromatic nitrogens is 5. The summed E-state index contributed by atoms with van der Waals surface area (Å²) in [5, 5.41) is 13.7. The summed E-state index contributed by atoms with van der Waals surface area (Å²) in [6.07, 6.45) is 3.27. The number of anilines is 1. The molecule has 0 bridgehead atoms. The van der Waals surface area contributed by atoms with Crippen molar-refractivity contribution in [3.05, 3.63) is 24.5 Å². The maximum atomic E-state index is 5.75. The van der Waals surface area contributed by atoms with Crippen LogP contribution >= 0.6 is 0 Å². The minimum atomic E-state index is 0.564. The summed E-state index contributed by atoms with van der Waals surface area (Å²) in [7, 11) is 0. The zero-order valence-electron chi connectivity index (χ0n) is 7.73. The van der Waals surface area contributed by atoms with E-state index >= 15 is 0 Å². The molecule has 3 heterocycles. The third-order valence-corrected chi connectivity index (χ3v) is 2.23. The summed E-state index contributed by atoms with van der Waals surface area (Å²) in [5.74, 6) is 0. The number of nitrogen functional groups attached to an aromatic ring is 1. The monoisotopic (exact) mass is 200 g/mol. The maximum Gasteiger partial charge on any atom is 0.138 e. The van der Waals surface area contributed by atoms with E-state index in [1.54, 1.807) is 12.4 Å². The van der Waals surface area contributed by atoms with Gasteiger partial charge in [-0.25, -0.2) is 0 Å². The summed E-state index contributed by atoms with van der Waals surface area (Å²) in [4.78, 5) is 4.24. The van der Waals surface area contributed by atoms with Gasteiger partial charge in [0.05, 0.1) is 17.4 Å². The smallest absolute Gasteiger partial charge is 0.138 e. The fourth-order valence-electron chi connectivity index (χ4n) is 1.51. The second-order valence-corrected chi connectivity index (χ2v) is 3.17. The molecule has 0 aliphatic carbocycles. The van der Waals surface area contributed by atoms with Crippen LogP contribution in [-0.4, -0.2) is 25.4 Å². The molecule has 0 aliphatic heterocycles. The Morgan fingerprint density at radius 3 is 3.00 bits per heavy atom. The second kappa shape index (κ2) is 2.81. The van der Waals surface area contributed by atoms with E-state index < -0.39 is 0 Å². The molecule has 0 fully saturated rings. The maximum absolute atomic E-state index is 5.75. The molecule has 0 radical (unpaired) electrons. The summed E-state index contributed by atoms with van der Waals surface area (Å²) >= 11 is 0. The van der Waals surface area contributed by atoms with Crippen LogP contribution in [-0.2, 0) is 0 Å². The van der Waals surface area contributed by atoms with E-state index in [1.807, 2.05) is 12.1 Å². The molecule has 0 saturated heterocycles. The zero-order valence-corrected chi connectivity index (χ0v) is 7.73. The second-order valence-electron chi connectivity index (χ2n) is 3.17. The third kappa shape index (κ3) is 1.08. The highest BCUT2D eigenvalue weighted by atomic mass is 15.2. The predicted octanol–water partition coefficient (Wildman–Crippen LogP) is 0.930. The molecule has 74 valence electrons. The molecule has 0 aromatic carbocycles. The van der Waals surface area contributed by atoms with Crippen molar-refractivity contribution in [2.45, 2.75) is 0 Å². The van der Waals surface area contributed by atoms with Gasteiger partial charge >= 0.3 is 0 Å². The van der Waals surface area contributed by atoms with Crippen molar-refractivity contribution in [3.8, 4) is 11.4 Å². The SMILES string of the molecule is Nc1cn[nH]c1-c1n[nH]c2cccnc12. The Hall–Kier alpha value is -2.37. The Morgan fingerprint density at radius 1 is 1.27 bits per heavy atom. The molecule has 3 aromatic rings. The van der Waals surface area contributed by atoms with Gasteiger partial charge in [0.2, 0.25) is 0 Å². The van der Waals surface area contributed by atoms with Crippen molar-refractivity contribution in [1.82, 2.24) is 25.4 Å². The number of nitrogens with one attached hydrogen (secondary N) is 2. The largest absolute Gasteiger partial charge is 0.396 e. The van der Waals surface area contributed by atoms with Crippen LogP contribution in [0.2, 0.25) is 0 Å². The highest BCUT2D eigenvalue weighted by molar-refractivity contribution is 5.91. The quantitative estimate of drug-likeness (QED) is 0.544. The van der Waals surface area contributed by atoms with Crippen LogP contribution < -0.4 is 5.73 Å². The van der Waals surface area contributed by atoms with E-state index in [-0.39, 0.29) is 0 Å². The number of fused-ring (bicyclic) bond motifs is 1. The van der Waals surface area contributed by atoms with Crippen molar-refractivity contribution in [3.63, 3.8) is 0 Å². The van der Waals surface area contributed by atoms with Crippen molar-refractivity contribution >= 4 is 16.7 Å². The first-order valence-electron chi connectivity index (χ1n) is 4.44. The zero-order chi connectivity index (χ0) is 10.3. The van der Waals surface area contributed by atoms with Gasteiger partial charge in [-0.3, -0.25) is 15.2 Å². The molecule has 3 rings (SSSR count). The molecule has 0 spiro atoms. The summed E-state index contributed by atoms with van der Waals surface area (Å²) in [6.45, 7) is 0. The lowest BCUT2D eigenvalue weighted by molar-refractivity contribution is 1.07. The Balaban J connectivity index is 2.32. The average Bonchev–Trinajstić information content (AvgIpc) is 2.83. The minimum Gasteiger partial charge on any atom is -0.396 e. The predicted molar refractivity (Wildman–Crippen MR) is 55.9 cm³/mol. The van der Waals surface area contributed by atoms with Gasteiger partial charge in [0.25, 0.3) is 0 Å². The molecule has 0 saturated carbocycles. The standard InChI is InChI=1S/C9H8N6/c10-5-4-12-14-7(5)9-8-6(13-15-9)2-1-3-11-8/h1-4H,10H2,(H,12,14)(H,13,15). The van der Waals surface area contributed by atoms with E-state index in [0.717, 1.165) is 11.0 Å². The van der Waals surface area contributed by atoms with Gasteiger partial charge < -0.3 is 5.73 Å². The van der Waals surface area contributed by atoms with Crippen molar-refractivity contribution in [1.29, 1.82) is 0 Å². The molecule has 6 nitrogen and oxygen atoms in total. The first-order valence-corrected chi connectivity index (χ1v) is 4.44. The van der Waals surface area contributed by atoms with Crippen LogP contribution in [0.5, 0.6) is 0 Å². The number of pyridine rings is 1. The molecule has 0 unspecified atom stereocenters. The van der Waals surface area contributed by atoms with Gasteiger partial charge in [-0.1, -0.05) is 0 Å². The van der Waals surface area contributed by atoms with Gasteiger partial charge in [-0.15, -0.1) is 0 Å². The molecule has 0 atom stereocenters. The van der Waals surface area contributed by atoms with Crippen LogP contribution in [0, 0.1) is 0 Å². The number of hydrogen-bond donors (Lipinski definition) is 3. The topological polar surface area (TPSA) is 96.3 Å². The van der Waals surface area contributed by atoms with Crippen molar-refractivity contribution in [2.75, 3.05) is 5.73 Å². The molecule has 0 amide bonds. The average molecular weight is 200 g/mol. The molecular formula is C9H8N6. The highest BCUT2D eigenvalue weighted by Gasteiger charge is 2.12. The van der Waals surface area contributed by atoms with Crippen molar-refractivity contribution < 1.29 is 0 Å². The van der Waals surface area contributed by atoms with Gasteiger partial charge in [-0.2, -0.15) is 10.2 Å². The summed E-state index contributed by atoms with van der Waals surface area (Å²) < 4.78 is 0. The fourth-order valence-corrected chi connectivity index (χ4v) is 1.51. The number of aromatic amines is 2. The lowest BCUT2D eigenvalue weighted by Crippen LogP contribution is -1.88. The lowest BCUT2D eigenvalue weighted by atomic mass is 10.2. The molecule has 15 heavy (non-hydrogen) atoms. The first-order chi connectivity index (χ1) is 7.36. The molecule has 6 heteroatoms. The highest BCUT2D eigenvalue weighted by Crippen LogP contribution is 2.26. The van der Waals surface area contributed by atoms with Crippen molar-refractivity contribution in [2.24, 2.45) is 0 Å². The number of hydrogen-bond acceptors (Lipinski definition) is 4. The van der Waals surface area contributed by atoms with Gasteiger partial charge in [-0.05, 0) is 12.1 Å². The Labute approximate surface area is 84.5 Å². The van der Waals surface area contributed by atoms with Crippen LogP contribution in [0.15, 0.2) is 24.5 Å². The molecule has 0 aliphatic rings. The van der Waals surface area contributed by atoms with E-state index in [1.165, 1.54) is 0 Å². The molecule has 3 aromatic heterocycles. The fraction of sp³-hybridized carbons (Fsp3) is 0. The van der Waals surface area contributed by atoms with E-state index in [4.69, 9.17) is 5.73 Å². The Kier molecular flexibility index (Phi) is 1.49. The minimum absolute atomic E-state index is 0.564. The van der Waals surface area contributed by atoms with E-state index in [9.17, 15) is 0 Å². The van der Waals surface area contributed by atoms with E-state index in [2.05, 4.69) is 25.4 Å². The van der Waals surface area contributed by atoms with Crippen LogP contribution in [0.25, 0.3) is 22.4 Å². The number of rotatable bonds is 1. The Bertz CT molecular complexity index is 608. The van der Waals surface area contributed by atoms with Crippen LogP contribution in [0.4, 0.5) is 5.69 Å². The normalized spacial score (nSPS) is 10.9. The van der Waals surface area contributed by atoms with Gasteiger partial charge in [0, 0.05) is 6.20 Å². The third-order valence-electron chi connectivity index (χ3n) is 2.23. The summed E-state index contributed by atoms with van der Waals surface area (Å²) in [6, 6.07) is 3.76. The van der Waals surface area contributed by atoms with E-state index in [0.29, 0.717) is 17.1 Å². The van der Waals surface area contributed by atoms with Crippen LogP contribution in [0.3, 0.4) is 0 Å². The first kappa shape index (κ1) is 7.98. The molecular weight excluding hydrogens is 192 g/mol. The number of H-pyrrole nitrogens is 2. The van der Waals surface area contributed by atoms with Gasteiger partial charge in [0.1, 0.15) is 16.9 Å². The lowest BCUT2D eigenvalue weighted by Gasteiger charge is -1.93.